The largest absolute Gasteiger partial charge is 0.493 e. The molecule has 10 heteroatoms. The van der Waals surface area contributed by atoms with Crippen molar-refractivity contribution < 1.29 is 42.5 Å². The predicted molar refractivity (Wildman–Crippen MR) is 99.6 cm³/mol. The molecule has 4 N–H and O–H groups in total. The number of carboxylic acids is 2. The van der Waals surface area contributed by atoms with E-state index in [4.69, 9.17) is 20.4 Å². The highest BCUT2D eigenvalue weighted by Gasteiger charge is 2.43. The summed E-state index contributed by atoms with van der Waals surface area (Å²) in [6, 6.07) is 3.77. The average Bonchev–Trinajstić information content (AvgIpc) is 2.63. The first-order valence-electron chi connectivity index (χ1n) is 9.09. The Morgan fingerprint density at radius 2 is 1.87 bits per heavy atom. The molecule has 1 aromatic carbocycles. The molecule has 1 aromatic rings. The van der Waals surface area contributed by atoms with Crippen LogP contribution in [0.3, 0.4) is 0 Å². The highest BCUT2D eigenvalue weighted by molar-refractivity contribution is 6.25. The lowest BCUT2D eigenvalue weighted by Gasteiger charge is -2.41. The van der Waals surface area contributed by atoms with E-state index >= 15 is 0 Å². The van der Waals surface area contributed by atoms with Crippen LogP contribution in [0.5, 0.6) is 5.75 Å². The molecule has 0 radical (unpaired) electrons. The Labute approximate surface area is 170 Å². The lowest BCUT2D eigenvalue weighted by atomic mass is 9.68. The number of aryl methyl sites for hydroxylation is 1. The third-order valence-electron chi connectivity index (χ3n) is 4.92. The fourth-order valence-electron chi connectivity index (χ4n) is 3.37. The number of ether oxygens (including phenoxy) is 1. The van der Waals surface area contributed by atoms with E-state index in [2.05, 4.69) is 0 Å². The average molecular weight is 429 g/mol. The van der Waals surface area contributed by atoms with Gasteiger partial charge in [-0.25, -0.2) is 9.59 Å². The van der Waals surface area contributed by atoms with Crippen LogP contribution in [0.4, 0.5) is 13.2 Å². The number of Topliss-reactive ketones (excluding diaryl/α,β-unsaturated/α-hetero) is 1. The zero-order valence-electron chi connectivity index (χ0n) is 16.4. The second-order valence-corrected chi connectivity index (χ2v) is 7.72. The molecule has 0 spiro atoms. The highest BCUT2D eigenvalue weighted by Crippen LogP contribution is 2.50. The second-order valence-electron chi connectivity index (χ2n) is 7.72. The molecule has 1 aliphatic heterocycles. The number of ketones is 1. The minimum absolute atomic E-state index is 0.131. The molecular formula is C20H22F3NO6. The van der Waals surface area contributed by atoms with Crippen molar-refractivity contribution in [2.24, 2.45) is 11.1 Å². The van der Waals surface area contributed by atoms with Gasteiger partial charge in [-0.05, 0) is 37.1 Å². The fraction of sp³-hybridized carbons (Fsp3) is 0.450. The number of allylic oxidation sites excluding steroid dienone is 1. The molecule has 0 amide bonds. The molecule has 0 saturated heterocycles. The van der Waals surface area contributed by atoms with Gasteiger partial charge in [0, 0.05) is 22.5 Å². The van der Waals surface area contributed by atoms with Gasteiger partial charge in [-0.15, -0.1) is 0 Å². The Bertz CT molecular complexity index is 905. The molecule has 164 valence electrons. The smallest absolute Gasteiger partial charge is 0.490 e. The molecule has 0 aromatic heterocycles. The number of halogens is 3. The third-order valence-corrected chi connectivity index (χ3v) is 4.92. The van der Waals surface area contributed by atoms with Crippen molar-refractivity contribution >= 4 is 17.7 Å². The van der Waals surface area contributed by atoms with E-state index in [-0.39, 0.29) is 16.9 Å². The Kier molecular flexibility index (Phi) is 6.60. The maximum Gasteiger partial charge on any atom is 0.490 e. The van der Waals surface area contributed by atoms with Crippen molar-refractivity contribution in [1.82, 2.24) is 0 Å². The lowest BCUT2D eigenvalue weighted by Crippen LogP contribution is -2.37. The molecule has 0 bridgehead atoms. The molecule has 1 atom stereocenters. The first-order valence-corrected chi connectivity index (χ1v) is 9.09. The Hall–Kier alpha value is -2.88. The number of nitrogens with two attached hydrogens (primary N) is 1. The van der Waals surface area contributed by atoms with E-state index in [0.717, 1.165) is 24.0 Å². The van der Waals surface area contributed by atoms with Crippen molar-refractivity contribution in [3.8, 4) is 5.75 Å². The topological polar surface area (TPSA) is 127 Å². The number of hydrogen-bond donors (Lipinski definition) is 3. The van der Waals surface area contributed by atoms with E-state index < -0.39 is 23.9 Å². The minimum atomic E-state index is -5.08. The number of alkyl halides is 3. The molecular weight excluding hydrogens is 407 g/mol. The molecule has 1 aliphatic carbocycles. The molecule has 3 rings (SSSR count). The molecule has 1 heterocycles. The van der Waals surface area contributed by atoms with Crippen LogP contribution in [0.25, 0.3) is 0 Å². The maximum absolute atomic E-state index is 12.6. The zero-order valence-corrected chi connectivity index (χ0v) is 16.4. The summed E-state index contributed by atoms with van der Waals surface area (Å²) in [6.07, 6.45) is -1.94. The van der Waals surface area contributed by atoms with Crippen LogP contribution >= 0.6 is 0 Å². The summed E-state index contributed by atoms with van der Waals surface area (Å²) in [5.41, 5.74) is 7.41. The first kappa shape index (κ1) is 23.4. The van der Waals surface area contributed by atoms with Gasteiger partial charge in [-0.1, -0.05) is 19.9 Å². The maximum atomic E-state index is 12.6. The van der Waals surface area contributed by atoms with Crippen LogP contribution in [-0.2, 0) is 16.0 Å². The van der Waals surface area contributed by atoms with Gasteiger partial charge in [0.25, 0.3) is 0 Å². The number of carboxylic acid groups (broad SMARTS) is 2. The van der Waals surface area contributed by atoms with Crippen molar-refractivity contribution in [1.29, 1.82) is 0 Å². The zero-order chi connectivity index (χ0) is 22.9. The Morgan fingerprint density at radius 1 is 1.27 bits per heavy atom. The van der Waals surface area contributed by atoms with Gasteiger partial charge in [-0.3, -0.25) is 4.79 Å². The quantitative estimate of drug-likeness (QED) is 0.628. The number of carbonyl (C=O) groups is 3. The molecule has 7 nitrogen and oxygen atoms in total. The summed E-state index contributed by atoms with van der Waals surface area (Å²) < 4.78 is 37.6. The van der Waals surface area contributed by atoms with Crippen molar-refractivity contribution in [2.75, 3.05) is 13.2 Å². The summed E-state index contributed by atoms with van der Waals surface area (Å²) >= 11 is 0. The number of carbonyl (C=O) groups excluding carboxylic acids is 1. The predicted octanol–water partition coefficient (Wildman–Crippen LogP) is 2.92. The van der Waals surface area contributed by atoms with E-state index in [1.165, 1.54) is 0 Å². The Morgan fingerprint density at radius 3 is 2.37 bits per heavy atom. The fourth-order valence-corrected chi connectivity index (χ4v) is 3.37. The summed E-state index contributed by atoms with van der Waals surface area (Å²) in [7, 11) is 0. The number of aliphatic carboxylic acids is 2. The van der Waals surface area contributed by atoms with Crippen molar-refractivity contribution in [3.63, 3.8) is 0 Å². The Balaban J connectivity index is 0.000000396. The molecule has 1 unspecified atom stereocenters. The molecule has 2 aliphatic rings. The van der Waals surface area contributed by atoms with Crippen LogP contribution in [0.2, 0.25) is 0 Å². The van der Waals surface area contributed by atoms with E-state index in [1.807, 2.05) is 26.0 Å². The molecule has 30 heavy (non-hydrogen) atoms. The van der Waals surface area contributed by atoms with Gasteiger partial charge >= 0.3 is 18.1 Å². The molecule has 0 fully saturated rings. The molecule has 0 saturated carbocycles. The van der Waals surface area contributed by atoms with Gasteiger partial charge in [-0.2, -0.15) is 13.2 Å². The van der Waals surface area contributed by atoms with Crippen LogP contribution in [0.15, 0.2) is 23.8 Å². The summed E-state index contributed by atoms with van der Waals surface area (Å²) in [6.45, 7) is 5.11. The number of hydrogen-bond acceptors (Lipinski definition) is 5. The number of benzene rings is 1. The van der Waals surface area contributed by atoms with Gasteiger partial charge in [0.05, 0.1) is 6.61 Å². The summed E-state index contributed by atoms with van der Waals surface area (Å²) in [5.74, 6) is -3.79. The summed E-state index contributed by atoms with van der Waals surface area (Å²) in [4.78, 5) is 33.0. The minimum Gasteiger partial charge on any atom is -0.493 e. The number of rotatable bonds is 4. The van der Waals surface area contributed by atoms with E-state index in [9.17, 15) is 27.9 Å². The second kappa shape index (κ2) is 8.47. The monoisotopic (exact) mass is 429 g/mol. The van der Waals surface area contributed by atoms with Crippen LogP contribution in [0.1, 0.15) is 47.7 Å². The van der Waals surface area contributed by atoms with Crippen LogP contribution in [0, 0.1) is 5.41 Å². The van der Waals surface area contributed by atoms with Crippen LogP contribution in [-0.4, -0.2) is 47.3 Å². The van der Waals surface area contributed by atoms with Gasteiger partial charge < -0.3 is 20.7 Å². The van der Waals surface area contributed by atoms with Gasteiger partial charge in [0.2, 0.25) is 0 Å². The normalized spacial score (nSPS) is 18.9. The standard InChI is InChI=1S/C18H21NO4.C2HF3O2/c1-18(2)9-23-14-7-10(4-3-5-19)6-11-15(14)13(18)8-12(16(11)20)17(21)22;3-2(4,5)1(6)7/h6-8,13H,3-5,9,19H2,1-2H3,(H,21,22);(H,6,7). The van der Waals surface area contributed by atoms with E-state index in [0.29, 0.717) is 24.5 Å². The van der Waals surface area contributed by atoms with E-state index in [1.54, 1.807) is 6.08 Å². The summed E-state index contributed by atoms with van der Waals surface area (Å²) in [5, 5.41) is 16.5. The van der Waals surface area contributed by atoms with Crippen molar-refractivity contribution in [3.05, 3.63) is 40.5 Å². The van der Waals surface area contributed by atoms with Gasteiger partial charge in [0.15, 0.2) is 5.78 Å². The van der Waals surface area contributed by atoms with Crippen LogP contribution < -0.4 is 10.5 Å². The highest BCUT2D eigenvalue weighted by atomic mass is 19.4. The SMILES string of the molecule is CC1(C)COc2cc(CCCN)cc3c2C1C=C(C(=O)O)C3=O.O=C(O)C(F)(F)F. The lowest BCUT2D eigenvalue weighted by molar-refractivity contribution is -0.192. The van der Waals surface area contributed by atoms with Crippen molar-refractivity contribution in [2.45, 2.75) is 38.8 Å². The van der Waals surface area contributed by atoms with Gasteiger partial charge in [0.1, 0.15) is 11.3 Å². The first-order chi connectivity index (χ1) is 13.8. The third kappa shape index (κ3) is 4.81.